The molecule has 26 heavy (non-hydrogen) atoms. The van der Waals surface area contributed by atoms with Gasteiger partial charge in [-0.15, -0.1) is 0 Å². The van der Waals surface area contributed by atoms with E-state index in [1.54, 1.807) is 7.05 Å². The standard InChI is InChI=1S/C18H27ClN4O2S/c1-20-17(21-12-18(7-8-18)13-26(2,24)25)22-15-6-9-23(11-15)16-5-3-4-14(19)10-16/h3-5,10,15H,6-9,11-13H2,1-2H3,(H2,20,21,22). The van der Waals surface area contributed by atoms with Gasteiger partial charge in [-0.1, -0.05) is 17.7 Å². The van der Waals surface area contributed by atoms with Crippen LogP contribution in [0.15, 0.2) is 29.3 Å². The van der Waals surface area contributed by atoms with Crippen molar-refractivity contribution in [2.45, 2.75) is 25.3 Å². The number of hydrogen-bond donors (Lipinski definition) is 2. The van der Waals surface area contributed by atoms with Crippen LogP contribution >= 0.6 is 11.6 Å². The Morgan fingerprint density at radius 1 is 1.42 bits per heavy atom. The van der Waals surface area contributed by atoms with Gasteiger partial charge in [0.2, 0.25) is 0 Å². The first-order valence-corrected chi connectivity index (χ1v) is 11.4. The number of hydrogen-bond acceptors (Lipinski definition) is 4. The van der Waals surface area contributed by atoms with Crippen LogP contribution in [0.2, 0.25) is 5.02 Å². The zero-order chi connectivity index (χ0) is 18.8. The van der Waals surface area contributed by atoms with Crippen molar-refractivity contribution in [3.63, 3.8) is 0 Å². The third-order valence-electron chi connectivity index (χ3n) is 5.08. The first-order valence-electron chi connectivity index (χ1n) is 8.94. The number of rotatable bonds is 6. The fourth-order valence-electron chi connectivity index (χ4n) is 3.55. The van der Waals surface area contributed by atoms with Crippen molar-refractivity contribution in [3.8, 4) is 0 Å². The van der Waals surface area contributed by atoms with Crippen molar-refractivity contribution in [3.05, 3.63) is 29.3 Å². The maximum atomic E-state index is 11.6. The van der Waals surface area contributed by atoms with Gasteiger partial charge in [-0.05, 0) is 37.5 Å². The van der Waals surface area contributed by atoms with Gasteiger partial charge in [0, 0.05) is 55.1 Å². The summed E-state index contributed by atoms with van der Waals surface area (Å²) >= 11 is 6.09. The quantitative estimate of drug-likeness (QED) is 0.565. The summed E-state index contributed by atoms with van der Waals surface area (Å²) in [5.74, 6) is 0.985. The molecule has 2 aliphatic rings. The van der Waals surface area contributed by atoms with E-state index in [4.69, 9.17) is 11.6 Å². The molecule has 2 N–H and O–H groups in total. The molecule has 6 nitrogen and oxygen atoms in total. The lowest BCUT2D eigenvalue weighted by atomic mass is 10.1. The monoisotopic (exact) mass is 398 g/mol. The van der Waals surface area contributed by atoms with Crippen LogP contribution in [0.5, 0.6) is 0 Å². The summed E-state index contributed by atoms with van der Waals surface area (Å²) in [5.41, 5.74) is 1.02. The van der Waals surface area contributed by atoms with Crippen molar-refractivity contribution in [1.82, 2.24) is 10.6 Å². The Labute approximate surface area is 160 Å². The summed E-state index contributed by atoms with van der Waals surface area (Å²) in [6, 6.07) is 8.20. The molecule has 1 aromatic rings. The second-order valence-corrected chi connectivity index (χ2v) is 10.1. The molecule has 1 heterocycles. The minimum Gasteiger partial charge on any atom is -0.369 e. The molecule has 0 bridgehead atoms. The van der Waals surface area contributed by atoms with Crippen LogP contribution in [0.25, 0.3) is 0 Å². The molecule has 1 saturated heterocycles. The Kier molecular flexibility index (Phi) is 5.67. The second kappa shape index (κ2) is 7.64. The predicted molar refractivity (Wildman–Crippen MR) is 108 cm³/mol. The second-order valence-electron chi connectivity index (χ2n) is 7.55. The summed E-state index contributed by atoms with van der Waals surface area (Å²) in [7, 11) is -1.21. The van der Waals surface area contributed by atoms with E-state index in [1.165, 1.54) is 6.26 Å². The van der Waals surface area contributed by atoms with E-state index < -0.39 is 9.84 Å². The molecule has 1 aliphatic carbocycles. The molecule has 0 spiro atoms. The van der Waals surface area contributed by atoms with Crippen molar-refractivity contribution in [2.75, 3.05) is 43.6 Å². The lowest BCUT2D eigenvalue weighted by molar-refractivity contribution is 0.525. The van der Waals surface area contributed by atoms with Gasteiger partial charge in [0.25, 0.3) is 0 Å². The summed E-state index contributed by atoms with van der Waals surface area (Å²) in [6.45, 7) is 2.49. The van der Waals surface area contributed by atoms with Crippen LogP contribution in [-0.2, 0) is 9.84 Å². The number of nitrogens with zero attached hydrogens (tertiary/aromatic N) is 2. The maximum Gasteiger partial charge on any atom is 0.191 e. The highest BCUT2D eigenvalue weighted by Gasteiger charge is 2.45. The van der Waals surface area contributed by atoms with Crippen LogP contribution in [-0.4, -0.2) is 59.1 Å². The minimum atomic E-state index is -2.96. The minimum absolute atomic E-state index is 0.117. The van der Waals surface area contributed by atoms with Gasteiger partial charge >= 0.3 is 0 Å². The summed E-state index contributed by atoms with van der Waals surface area (Å²) in [5, 5.41) is 7.53. The van der Waals surface area contributed by atoms with Gasteiger partial charge in [0.15, 0.2) is 5.96 Å². The highest BCUT2D eigenvalue weighted by Crippen LogP contribution is 2.46. The average Bonchev–Trinajstić information content (AvgIpc) is 3.15. The van der Waals surface area contributed by atoms with Crippen molar-refractivity contribution < 1.29 is 8.42 Å². The average molecular weight is 399 g/mol. The van der Waals surface area contributed by atoms with Gasteiger partial charge in [0.1, 0.15) is 9.84 Å². The van der Waals surface area contributed by atoms with E-state index in [2.05, 4.69) is 26.6 Å². The molecular weight excluding hydrogens is 372 g/mol. The molecule has 0 radical (unpaired) electrons. The smallest absolute Gasteiger partial charge is 0.191 e. The Morgan fingerprint density at radius 2 is 2.19 bits per heavy atom. The van der Waals surface area contributed by atoms with Gasteiger partial charge in [-0.25, -0.2) is 8.42 Å². The van der Waals surface area contributed by atoms with Crippen LogP contribution in [0.1, 0.15) is 19.3 Å². The first kappa shape index (κ1) is 19.3. The van der Waals surface area contributed by atoms with Crippen molar-refractivity contribution in [1.29, 1.82) is 0 Å². The molecule has 0 amide bonds. The van der Waals surface area contributed by atoms with E-state index in [9.17, 15) is 8.42 Å². The highest BCUT2D eigenvalue weighted by atomic mass is 35.5. The third-order valence-corrected chi connectivity index (χ3v) is 6.45. The van der Waals surface area contributed by atoms with Gasteiger partial charge < -0.3 is 15.5 Å². The van der Waals surface area contributed by atoms with Gasteiger partial charge in [0.05, 0.1) is 5.75 Å². The third kappa shape index (κ3) is 5.27. The number of anilines is 1. The Balaban J connectivity index is 1.50. The van der Waals surface area contributed by atoms with Gasteiger partial charge in [-0.3, -0.25) is 4.99 Å². The lowest BCUT2D eigenvalue weighted by Gasteiger charge is -2.22. The highest BCUT2D eigenvalue weighted by molar-refractivity contribution is 7.90. The molecule has 1 atom stereocenters. The summed E-state index contributed by atoms with van der Waals surface area (Å²) < 4.78 is 23.2. The summed E-state index contributed by atoms with van der Waals surface area (Å²) in [4.78, 5) is 6.60. The molecule has 1 aromatic carbocycles. The number of aliphatic imine (C=N–C) groups is 1. The lowest BCUT2D eigenvalue weighted by Crippen LogP contribution is -2.46. The zero-order valence-corrected chi connectivity index (χ0v) is 16.9. The molecule has 144 valence electrons. The largest absolute Gasteiger partial charge is 0.369 e. The number of guanidine groups is 1. The predicted octanol–water partition coefficient (Wildman–Crippen LogP) is 1.91. The van der Waals surface area contributed by atoms with E-state index in [0.29, 0.717) is 12.6 Å². The van der Waals surface area contributed by atoms with Crippen LogP contribution in [0, 0.1) is 5.41 Å². The SMILES string of the molecule is CN=C(NCC1(CS(C)(=O)=O)CC1)NC1CCN(c2cccc(Cl)c2)C1. The van der Waals surface area contributed by atoms with Crippen LogP contribution in [0.4, 0.5) is 5.69 Å². The molecule has 2 fully saturated rings. The number of halogens is 1. The molecule has 3 rings (SSSR count). The molecular formula is C18H27ClN4O2S. The fraction of sp³-hybridized carbons (Fsp3) is 0.611. The Bertz CT molecular complexity index is 777. The number of benzene rings is 1. The molecule has 1 unspecified atom stereocenters. The fourth-order valence-corrected chi connectivity index (χ4v) is 5.24. The number of sulfone groups is 1. The summed E-state index contributed by atoms with van der Waals surface area (Å²) in [6.07, 6.45) is 4.23. The van der Waals surface area contributed by atoms with Crippen LogP contribution in [0.3, 0.4) is 0 Å². The number of nitrogens with one attached hydrogen (secondary N) is 2. The first-order chi connectivity index (χ1) is 12.3. The van der Waals surface area contributed by atoms with E-state index >= 15 is 0 Å². The van der Waals surface area contributed by atoms with Crippen LogP contribution < -0.4 is 15.5 Å². The molecule has 8 heteroatoms. The van der Waals surface area contributed by atoms with E-state index in [0.717, 1.165) is 49.0 Å². The van der Waals surface area contributed by atoms with Gasteiger partial charge in [-0.2, -0.15) is 0 Å². The Morgan fingerprint density at radius 3 is 2.81 bits per heavy atom. The van der Waals surface area contributed by atoms with E-state index in [-0.39, 0.29) is 11.2 Å². The van der Waals surface area contributed by atoms with E-state index in [1.807, 2.05) is 18.2 Å². The van der Waals surface area contributed by atoms with Crippen molar-refractivity contribution >= 4 is 33.1 Å². The molecule has 1 aliphatic heterocycles. The Hall–Kier alpha value is -1.47. The maximum absolute atomic E-state index is 11.6. The molecule has 0 aromatic heterocycles. The topological polar surface area (TPSA) is 73.8 Å². The van der Waals surface area contributed by atoms with Crippen molar-refractivity contribution in [2.24, 2.45) is 10.4 Å². The zero-order valence-electron chi connectivity index (χ0n) is 15.3. The molecule has 1 saturated carbocycles. The normalized spacial score (nSPS) is 22.3.